The van der Waals surface area contributed by atoms with E-state index in [9.17, 15) is 13.6 Å². The van der Waals surface area contributed by atoms with Gasteiger partial charge in [0, 0.05) is 11.4 Å². The number of benzene rings is 1. The van der Waals surface area contributed by atoms with Gasteiger partial charge in [-0.15, -0.1) is 0 Å². The molecule has 5 heteroatoms. The molecular formula is C14H18BrF2NO. The topological polar surface area (TPSA) is 29.1 Å². The highest BCUT2D eigenvalue weighted by Gasteiger charge is 2.19. The van der Waals surface area contributed by atoms with Gasteiger partial charge in [0.2, 0.25) is 0 Å². The quantitative estimate of drug-likeness (QED) is 0.815. The maximum atomic E-state index is 13.7. The van der Waals surface area contributed by atoms with Crippen LogP contribution in [0.25, 0.3) is 0 Å². The molecule has 0 saturated carbocycles. The molecular weight excluding hydrogens is 316 g/mol. The third kappa shape index (κ3) is 4.56. The van der Waals surface area contributed by atoms with Crippen LogP contribution in [-0.4, -0.2) is 17.3 Å². The molecule has 1 aromatic carbocycles. The minimum Gasteiger partial charge on any atom is -0.351 e. The van der Waals surface area contributed by atoms with Gasteiger partial charge in [0.05, 0.1) is 0 Å². The normalized spacial score (nSPS) is 12.6. The Labute approximate surface area is 120 Å². The van der Waals surface area contributed by atoms with E-state index in [4.69, 9.17) is 0 Å². The summed E-state index contributed by atoms with van der Waals surface area (Å²) in [6, 6.07) is 2.42. The molecule has 1 atom stereocenters. The van der Waals surface area contributed by atoms with Crippen LogP contribution in [0.3, 0.4) is 0 Å². The van der Waals surface area contributed by atoms with Crippen molar-refractivity contribution < 1.29 is 13.6 Å². The zero-order valence-corrected chi connectivity index (χ0v) is 12.9. The number of alkyl halides is 1. The number of nitrogens with one attached hydrogen (secondary N) is 1. The van der Waals surface area contributed by atoms with Crippen LogP contribution in [0.5, 0.6) is 0 Å². The first kappa shape index (κ1) is 16.1. The Morgan fingerprint density at radius 3 is 2.58 bits per heavy atom. The predicted molar refractivity (Wildman–Crippen MR) is 75.6 cm³/mol. The molecule has 0 radical (unpaired) electrons. The number of aryl methyl sites for hydroxylation is 1. The second kappa shape index (κ2) is 6.98. The smallest absolute Gasteiger partial charge is 0.257 e. The monoisotopic (exact) mass is 333 g/mol. The first-order chi connectivity index (χ1) is 8.82. The van der Waals surface area contributed by atoms with Crippen LogP contribution in [-0.2, 0) is 0 Å². The molecule has 0 aliphatic carbocycles. The lowest BCUT2D eigenvalue weighted by atomic mass is 10.1. The molecule has 1 N–H and O–H groups in total. The van der Waals surface area contributed by atoms with Crippen molar-refractivity contribution in [2.24, 2.45) is 5.92 Å². The molecule has 0 bridgehead atoms. The number of hydrogen-bond donors (Lipinski definition) is 1. The standard InChI is InChI=1S/C14H18BrF2NO/c1-8(2)6-10(15)7-18-14(19)12-11(16)5-4-9(3)13(12)17/h4-5,8,10H,6-7H2,1-3H3,(H,18,19). The van der Waals surface area contributed by atoms with Crippen LogP contribution in [0.2, 0.25) is 0 Å². The largest absolute Gasteiger partial charge is 0.351 e. The first-order valence-corrected chi connectivity index (χ1v) is 7.11. The molecule has 0 saturated heterocycles. The molecule has 2 nitrogen and oxygen atoms in total. The fourth-order valence-electron chi connectivity index (χ4n) is 1.75. The molecule has 0 aliphatic heterocycles. The van der Waals surface area contributed by atoms with Gasteiger partial charge in [-0.05, 0) is 30.9 Å². The second-order valence-electron chi connectivity index (χ2n) is 4.99. The fourth-order valence-corrected chi connectivity index (χ4v) is 2.66. The number of amides is 1. The Kier molecular flexibility index (Phi) is 5.91. The van der Waals surface area contributed by atoms with Gasteiger partial charge >= 0.3 is 0 Å². The SMILES string of the molecule is Cc1ccc(F)c(C(=O)NCC(Br)CC(C)C)c1F. The molecule has 0 spiro atoms. The summed E-state index contributed by atoms with van der Waals surface area (Å²) >= 11 is 3.43. The fraction of sp³-hybridized carbons (Fsp3) is 0.500. The minimum atomic E-state index is -0.837. The van der Waals surface area contributed by atoms with Crippen molar-refractivity contribution in [2.45, 2.75) is 32.0 Å². The van der Waals surface area contributed by atoms with E-state index in [2.05, 4.69) is 35.1 Å². The molecule has 0 aliphatic rings. The lowest BCUT2D eigenvalue weighted by Gasteiger charge is -2.14. The van der Waals surface area contributed by atoms with Crippen molar-refractivity contribution in [3.63, 3.8) is 0 Å². The summed E-state index contributed by atoms with van der Waals surface area (Å²) in [5.74, 6) is -1.87. The Balaban J connectivity index is 2.72. The summed E-state index contributed by atoms with van der Waals surface area (Å²) in [6.07, 6.45) is 0.874. The Morgan fingerprint density at radius 2 is 2.00 bits per heavy atom. The second-order valence-corrected chi connectivity index (χ2v) is 6.29. The van der Waals surface area contributed by atoms with E-state index < -0.39 is 23.1 Å². The highest BCUT2D eigenvalue weighted by molar-refractivity contribution is 9.09. The van der Waals surface area contributed by atoms with Crippen molar-refractivity contribution in [3.8, 4) is 0 Å². The van der Waals surface area contributed by atoms with E-state index in [0.29, 0.717) is 12.5 Å². The van der Waals surface area contributed by atoms with Gasteiger partial charge in [0.1, 0.15) is 17.2 Å². The third-order valence-corrected chi connectivity index (χ3v) is 3.42. The maximum Gasteiger partial charge on any atom is 0.257 e. The minimum absolute atomic E-state index is 0.0902. The van der Waals surface area contributed by atoms with E-state index in [1.54, 1.807) is 0 Å². The van der Waals surface area contributed by atoms with Crippen molar-refractivity contribution >= 4 is 21.8 Å². The summed E-state index contributed by atoms with van der Waals surface area (Å²) in [6.45, 7) is 5.97. The summed E-state index contributed by atoms with van der Waals surface area (Å²) < 4.78 is 27.2. The Bertz CT molecular complexity index is 463. The third-order valence-electron chi connectivity index (χ3n) is 2.72. The van der Waals surface area contributed by atoms with Crippen LogP contribution < -0.4 is 5.32 Å². The Hall–Kier alpha value is -0.970. The van der Waals surface area contributed by atoms with E-state index in [1.807, 2.05) is 0 Å². The molecule has 1 amide bonds. The zero-order chi connectivity index (χ0) is 14.6. The van der Waals surface area contributed by atoms with Crippen LogP contribution in [0.1, 0.15) is 36.2 Å². The molecule has 1 unspecified atom stereocenters. The van der Waals surface area contributed by atoms with Gasteiger partial charge in [-0.1, -0.05) is 35.8 Å². The maximum absolute atomic E-state index is 13.7. The lowest BCUT2D eigenvalue weighted by Crippen LogP contribution is -2.31. The van der Waals surface area contributed by atoms with E-state index in [0.717, 1.165) is 12.5 Å². The van der Waals surface area contributed by atoms with Crippen LogP contribution in [0.15, 0.2) is 12.1 Å². The molecule has 1 rings (SSSR count). The Morgan fingerprint density at radius 1 is 1.37 bits per heavy atom. The van der Waals surface area contributed by atoms with Crippen LogP contribution >= 0.6 is 15.9 Å². The number of halogens is 3. The number of carbonyl (C=O) groups is 1. The van der Waals surface area contributed by atoms with Crippen molar-refractivity contribution in [1.29, 1.82) is 0 Å². The average molecular weight is 334 g/mol. The summed E-state index contributed by atoms with van der Waals surface area (Å²) in [5, 5.41) is 2.55. The molecule has 0 fully saturated rings. The summed E-state index contributed by atoms with van der Waals surface area (Å²) in [7, 11) is 0. The highest BCUT2D eigenvalue weighted by Crippen LogP contribution is 2.17. The summed E-state index contributed by atoms with van der Waals surface area (Å²) in [5.41, 5.74) is -0.256. The van der Waals surface area contributed by atoms with E-state index in [-0.39, 0.29) is 10.4 Å². The van der Waals surface area contributed by atoms with Gasteiger partial charge in [-0.2, -0.15) is 0 Å². The highest BCUT2D eigenvalue weighted by atomic mass is 79.9. The predicted octanol–water partition coefficient (Wildman–Crippen LogP) is 3.81. The molecule has 106 valence electrons. The lowest BCUT2D eigenvalue weighted by molar-refractivity contribution is 0.0944. The molecule has 0 aromatic heterocycles. The van der Waals surface area contributed by atoms with Gasteiger partial charge < -0.3 is 5.32 Å². The average Bonchev–Trinajstić information content (AvgIpc) is 2.31. The molecule has 0 heterocycles. The van der Waals surface area contributed by atoms with E-state index in [1.165, 1.54) is 13.0 Å². The van der Waals surface area contributed by atoms with E-state index >= 15 is 0 Å². The number of carbonyl (C=O) groups excluding carboxylic acids is 1. The molecule has 19 heavy (non-hydrogen) atoms. The van der Waals surface area contributed by atoms with Crippen molar-refractivity contribution in [1.82, 2.24) is 5.32 Å². The molecule has 1 aromatic rings. The van der Waals surface area contributed by atoms with Gasteiger partial charge in [-0.25, -0.2) is 8.78 Å². The van der Waals surface area contributed by atoms with Gasteiger partial charge in [0.25, 0.3) is 5.91 Å². The van der Waals surface area contributed by atoms with Crippen molar-refractivity contribution in [2.75, 3.05) is 6.54 Å². The van der Waals surface area contributed by atoms with Crippen LogP contribution in [0.4, 0.5) is 8.78 Å². The zero-order valence-electron chi connectivity index (χ0n) is 11.3. The van der Waals surface area contributed by atoms with Gasteiger partial charge in [0.15, 0.2) is 0 Å². The first-order valence-electron chi connectivity index (χ1n) is 6.19. The number of rotatable bonds is 5. The number of hydrogen-bond acceptors (Lipinski definition) is 1. The van der Waals surface area contributed by atoms with Crippen LogP contribution in [0, 0.1) is 24.5 Å². The van der Waals surface area contributed by atoms with Crippen molar-refractivity contribution in [3.05, 3.63) is 34.9 Å². The summed E-state index contributed by atoms with van der Waals surface area (Å²) in [4.78, 5) is 11.9. The van der Waals surface area contributed by atoms with Gasteiger partial charge in [-0.3, -0.25) is 4.79 Å².